The summed E-state index contributed by atoms with van der Waals surface area (Å²) in [6.07, 6.45) is 1.75. The van der Waals surface area contributed by atoms with Crippen molar-refractivity contribution in [3.63, 3.8) is 0 Å². The lowest BCUT2D eigenvalue weighted by atomic mass is 10.1. The quantitative estimate of drug-likeness (QED) is 0.474. The number of rotatable bonds is 6. The molecule has 0 radical (unpaired) electrons. The number of allylic oxidation sites excluding steroid dienone is 1. The van der Waals surface area contributed by atoms with Crippen LogP contribution in [-0.4, -0.2) is 18.7 Å². The van der Waals surface area contributed by atoms with Gasteiger partial charge in [-0.05, 0) is 42.1 Å². The first-order valence-electron chi connectivity index (χ1n) is 7.78. The number of hydrogen-bond acceptors (Lipinski definition) is 6. The highest BCUT2D eigenvalue weighted by Gasteiger charge is 2.13. The van der Waals surface area contributed by atoms with Crippen molar-refractivity contribution in [2.24, 2.45) is 0 Å². The lowest BCUT2D eigenvalue weighted by Crippen LogP contribution is -1.96. The molecule has 2 aromatic heterocycles. The van der Waals surface area contributed by atoms with Gasteiger partial charge in [0.2, 0.25) is 0 Å². The Bertz CT molecular complexity index is 972. The Labute approximate surface area is 164 Å². The lowest BCUT2D eigenvalue weighted by molar-refractivity contribution is 0.311. The normalized spacial score (nSPS) is 11.2. The van der Waals surface area contributed by atoms with E-state index in [9.17, 15) is 5.26 Å². The highest BCUT2D eigenvalue weighted by atomic mass is 35.5. The molecule has 26 heavy (non-hydrogen) atoms. The maximum Gasteiger partial charge on any atom is 0.179 e. The maximum absolute atomic E-state index is 9.58. The van der Waals surface area contributed by atoms with Crippen molar-refractivity contribution in [2.75, 3.05) is 13.7 Å². The van der Waals surface area contributed by atoms with Crippen molar-refractivity contribution in [1.82, 2.24) is 4.98 Å². The number of thiazole rings is 1. The van der Waals surface area contributed by atoms with Crippen LogP contribution in [0.1, 0.15) is 17.5 Å². The predicted molar refractivity (Wildman–Crippen MR) is 108 cm³/mol. The molecule has 3 rings (SSSR count). The first-order chi connectivity index (χ1) is 12.7. The highest BCUT2D eigenvalue weighted by molar-refractivity contribution is 7.14. The number of methoxy groups -OCH3 is 1. The molecule has 0 aliphatic rings. The molecule has 0 fully saturated rings. The third kappa shape index (κ3) is 3.91. The molecular weight excluding hydrogens is 388 g/mol. The van der Waals surface area contributed by atoms with Gasteiger partial charge in [-0.15, -0.1) is 22.7 Å². The third-order valence-corrected chi connectivity index (χ3v) is 5.53. The number of ether oxygens (including phenoxy) is 2. The summed E-state index contributed by atoms with van der Waals surface area (Å²) in [6.45, 7) is 2.37. The molecule has 0 aliphatic heterocycles. The Morgan fingerprint density at radius 3 is 2.88 bits per heavy atom. The van der Waals surface area contributed by atoms with E-state index >= 15 is 0 Å². The monoisotopic (exact) mass is 402 g/mol. The van der Waals surface area contributed by atoms with E-state index in [1.807, 2.05) is 29.8 Å². The summed E-state index contributed by atoms with van der Waals surface area (Å²) in [5, 5.41) is 14.6. The molecule has 0 spiro atoms. The first-order valence-corrected chi connectivity index (χ1v) is 9.92. The highest BCUT2D eigenvalue weighted by Crippen LogP contribution is 2.37. The molecule has 0 saturated heterocycles. The fourth-order valence-electron chi connectivity index (χ4n) is 2.35. The number of thiophene rings is 1. The second-order valence-electron chi connectivity index (χ2n) is 5.15. The molecule has 2 heterocycles. The summed E-state index contributed by atoms with van der Waals surface area (Å²) in [4.78, 5) is 5.66. The van der Waals surface area contributed by atoms with Crippen LogP contribution in [-0.2, 0) is 0 Å². The standard InChI is InChI=1S/C19H15ClN2O2S2/c1-3-24-18-14(20)8-12(9-16(18)23-2)7-13(10-21)19-22-15(11-26-19)17-5-4-6-25-17/h4-9,11H,3H2,1-2H3/b13-7-. The Morgan fingerprint density at radius 2 is 2.23 bits per heavy atom. The molecule has 0 bridgehead atoms. The summed E-state index contributed by atoms with van der Waals surface area (Å²) in [6, 6.07) is 9.75. The lowest BCUT2D eigenvalue weighted by Gasteiger charge is -2.12. The maximum atomic E-state index is 9.58. The van der Waals surface area contributed by atoms with Gasteiger partial charge < -0.3 is 9.47 Å². The van der Waals surface area contributed by atoms with Crippen molar-refractivity contribution in [1.29, 1.82) is 5.26 Å². The summed E-state index contributed by atoms with van der Waals surface area (Å²) >= 11 is 9.37. The van der Waals surface area contributed by atoms with E-state index in [4.69, 9.17) is 21.1 Å². The molecular formula is C19H15ClN2O2S2. The number of aromatic nitrogens is 1. The van der Waals surface area contributed by atoms with Crippen LogP contribution in [0.2, 0.25) is 5.02 Å². The van der Waals surface area contributed by atoms with Gasteiger partial charge in [0.25, 0.3) is 0 Å². The van der Waals surface area contributed by atoms with Gasteiger partial charge in [0.1, 0.15) is 11.1 Å². The molecule has 0 N–H and O–H groups in total. The smallest absolute Gasteiger partial charge is 0.179 e. The van der Waals surface area contributed by atoms with Crippen LogP contribution in [0, 0.1) is 11.3 Å². The fourth-order valence-corrected chi connectivity index (χ4v) is 4.17. The fraction of sp³-hybridized carbons (Fsp3) is 0.158. The van der Waals surface area contributed by atoms with Crippen molar-refractivity contribution in [2.45, 2.75) is 6.92 Å². The van der Waals surface area contributed by atoms with Crippen LogP contribution >= 0.6 is 34.3 Å². The summed E-state index contributed by atoms with van der Waals surface area (Å²) in [5.41, 5.74) is 2.10. The molecule has 0 amide bonds. The van der Waals surface area contributed by atoms with Crippen molar-refractivity contribution < 1.29 is 9.47 Å². The van der Waals surface area contributed by atoms with E-state index in [1.54, 1.807) is 36.7 Å². The number of halogens is 1. The number of hydrogen-bond donors (Lipinski definition) is 0. The van der Waals surface area contributed by atoms with Crippen LogP contribution in [0.3, 0.4) is 0 Å². The van der Waals surface area contributed by atoms with Crippen molar-refractivity contribution >= 4 is 45.9 Å². The van der Waals surface area contributed by atoms with E-state index in [0.717, 1.165) is 16.1 Å². The van der Waals surface area contributed by atoms with E-state index in [2.05, 4.69) is 11.1 Å². The van der Waals surface area contributed by atoms with Gasteiger partial charge in [-0.3, -0.25) is 0 Å². The summed E-state index contributed by atoms with van der Waals surface area (Å²) in [7, 11) is 1.56. The van der Waals surface area contributed by atoms with E-state index < -0.39 is 0 Å². The molecule has 132 valence electrons. The Balaban J connectivity index is 1.97. The summed E-state index contributed by atoms with van der Waals surface area (Å²) in [5.74, 6) is 1.03. The van der Waals surface area contributed by atoms with Crippen LogP contribution in [0.4, 0.5) is 0 Å². The van der Waals surface area contributed by atoms with Crippen molar-refractivity contribution in [3.8, 4) is 28.1 Å². The molecule has 0 atom stereocenters. The van der Waals surface area contributed by atoms with E-state index in [-0.39, 0.29) is 0 Å². The molecule has 4 nitrogen and oxygen atoms in total. The second-order valence-corrected chi connectivity index (χ2v) is 7.37. The van der Waals surface area contributed by atoms with Gasteiger partial charge >= 0.3 is 0 Å². The molecule has 1 aromatic carbocycles. The SMILES string of the molecule is CCOc1c(Cl)cc(/C=C(/C#N)c2nc(-c3cccs3)cs2)cc1OC. The predicted octanol–water partition coefficient (Wildman–Crippen LogP) is 6.00. The number of benzene rings is 1. The largest absolute Gasteiger partial charge is 0.493 e. The average molecular weight is 403 g/mol. The Hall–Kier alpha value is -2.33. The Kier molecular flexibility index (Phi) is 5.94. The van der Waals surface area contributed by atoms with E-state index in [1.165, 1.54) is 11.3 Å². The third-order valence-electron chi connectivity index (χ3n) is 3.48. The minimum atomic E-state index is 0.438. The van der Waals surface area contributed by atoms with Gasteiger partial charge in [-0.2, -0.15) is 5.26 Å². The second kappa shape index (κ2) is 8.37. The van der Waals surface area contributed by atoms with Crippen molar-refractivity contribution in [3.05, 3.63) is 50.6 Å². The van der Waals surface area contributed by atoms with E-state index in [0.29, 0.717) is 33.7 Å². The van der Waals surface area contributed by atoms with Gasteiger partial charge in [0.15, 0.2) is 11.5 Å². The number of nitrogens with zero attached hydrogens (tertiary/aromatic N) is 2. The molecule has 7 heteroatoms. The topological polar surface area (TPSA) is 55.1 Å². The molecule has 0 saturated carbocycles. The van der Waals surface area contributed by atoms with Gasteiger partial charge in [-0.1, -0.05) is 17.7 Å². The Morgan fingerprint density at radius 1 is 1.38 bits per heavy atom. The van der Waals surface area contributed by atoms with Gasteiger partial charge in [0.05, 0.1) is 34.9 Å². The van der Waals surface area contributed by atoms with Crippen LogP contribution in [0.5, 0.6) is 11.5 Å². The molecule has 0 unspecified atom stereocenters. The molecule has 0 aliphatic carbocycles. The molecule has 3 aromatic rings. The average Bonchev–Trinajstić information content (AvgIpc) is 3.33. The minimum Gasteiger partial charge on any atom is -0.493 e. The zero-order valence-electron chi connectivity index (χ0n) is 14.2. The van der Waals surface area contributed by atoms with Gasteiger partial charge in [0, 0.05) is 5.38 Å². The summed E-state index contributed by atoms with van der Waals surface area (Å²) < 4.78 is 10.9. The zero-order valence-corrected chi connectivity index (χ0v) is 16.5. The van der Waals surface area contributed by atoms with Crippen LogP contribution < -0.4 is 9.47 Å². The zero-order chi connectivity index (χ0) is 18.5. The van der Waals surface area contributed by atoms with Crippen LogP contribution in [0.15, 0.2) is 35.0 Å². The minimum absolute atomic E-state index is 0.438. The number of nitriles is 1. The van der Waals surface area contributed by atoms with Crippen LogP contribution in [0.25, 0.3) is 22.2 Å². The first kappa shape index (κ1) is 18.5. The van der Waals surface area contributed by atoms with Gasteiger partial charge in [-0.25, -0.2) is 4.98 Å².